The highest BCUT2D eigenvalue weighted by Gasteiger charge is 2.11. The fourth-order valence-corrected chi connectivity index (χ4v) is 3.63. The van der Waals surface area contributed by atoms with Crippen LogP contribution < -0.4 is 4.90 Å². The predicted molar refractivity (Wildman–Crippen MR) is 91.6 cm³/mol. The van der Waals surface area contributed by atoms with Crippen molar-refractivity contribution >= 4 is 39.4 Å². The largest absolute Gasteiger partial charge is 0.351 e. The number of hydrogen-bond donors (Lipinski definition) is 0. The zero-order valence-electron chi connectivity index (χ0n) is 11.5. The summed E-state index contributed by atoms with van der Waals surface area (Å²) in [5.41, 5.74) is 1.91. The Kier molecular flexibility index (Phi) is 4.53. The van der Waals surface area contributed by atoms with E-state index in [2.05, 4.69) is 27.3 Å². The molecule has 0 radical (unpaired) electrons. The van der Waals surface area contributed by atoms with Crippen molar-refractivity contribution in [2.24, 2.45) is 0 Å². The second kappa shape index (κ2) is 6.56. The van der Waals surface area contributed by atoms with Crippen LogP contribution in [0, 0.1) is 0 Å². The summed E-state index contributed by atoms with van der Waals surface area (Å²) in [5.74, 6) is 0. The molecule has 108 valence electrons. The van der Waals surface area contributed by atoms with Crippen molar-refractivity contribution in [2.45, 2.75) is 6.42 Å². The molecule has 1 aromatic carbocycles. The fourth-order valence-electron chi connectivity index (χ4n) is 1.97. The number of anilines is 1. The van der Waals surface area contributed by atoms with E-state index in [1.807, 2.05) is 35.8 Å². The van der Waals surface area contributed by atoms with Gasteiger partial charge >= 0.3 is 0 Å². The zero-order chi connectivity index (χ0) is 14.7. The molecule has 3 rings (SSSR count). The van der Waals surface area contributed by atoms with Crippen molar-refractivity contribution in [1.29, 1.82) is 0 Å². The summed E-state index contributed by atoms with van der Waals surface area (Å²) in [6.07, 6.45) is 2.79. The summed E-state index contributed by atoms with van der Waals surface area (Å²) in [6, 6.07) is 7.80. The Hall–Kier alpha value is -1.43. The number of thiazole rings is 2. The van der Waals surface area contributed by atoms with E-state index in [4.69, 9.17) is 11.6 Å². The molecule has 0 fully saturated rings. The van der Waals surface area contributed by atoms with Crippen molar-refractivity contribution in [2.75, 3.05) is 18.5 Å². The summed E-state index contributed by atoms with van der Waals surface area (Å²) >= 11 is 9.55. The normalized spacial score (nSPS) is 10.8. The molecule has 0 spiro atoms. The first-order chi connectivity index (χ1) is 10.2. The van der Waals surface area contributed by atoms with Gasteiger partial charge in [0.2, 0.25) is 0 Å². The van der Waals surface area contributed by atoms with Crippen LogP contribution in [0.15, 0.2) is 41.2 Å². The minimum Gasteiger partial charge on any atom is -0.351 e. The van der Waals surface area contributed by atoms with E-state index in [-0.39, 0.29) is 0 Å². The molecule has 0 N–H and O–H groups in total. The molecule has 0 aliphatic rings. The number of rotatable bonds is 5. The van der Waals surface area contributed by atoms with Gasteiger partial charge in [0.05, 0.1) is 10.7 Å². The molecule has 21 heavy (non-hydrogen) atoms. The molecule has 2 aromatic heterocycles. The van der Waals surface area contributed by atoms with Crippen molar-refractivity contribution in [3.63, 3.8) is 0 Å². The number of nitrogens with zero attached hydrogens (tertiary/aromatic N) is 3. The fraction of sp³-hybridized carbons (Fsp3) is 0.200. The first kappa shape index (κ1) is 14.5. The van der Waals surface area contributed by atoms with E-state index in [0.29, 0.717) is 0 Å². The lowest BCUT2D eigenvalue weighted by molar-refractivity contribution is 0.865. The Balaban J connectivity index is 1.71. The van der Waals surface area contributed by atoms with Gasteiger partial charge in [0.25, 0.3) is 0 Å². The molecule has 3 aromatic rings. The lowest BCUT2D eigenvalue weighted by Gasteiger charge is -2.14. The highest BCUT2D eigenvalue weighted by molar-refractivity contribution is 7.14. The average Bonchev–Trinajstić information content (AvgIpc) is 3.17. The molecule has 0 bridgehead atoms. The van der Waals surface area contributed by atoms with Crippen LogP contribution in [0.4, 0.5) is 5.13 Å². The Morgan fingerprint density at radius 1 is 1.24 bits per heavy atom. The maximum absolute atomic E-state index is 6.22. The number of likely N-dealkylation sites (N-methyl/N-ethyl adjacent to an activating group) is 1. The predicted octanol–water partition coefficient (Wildman–Crippen LogP) is 4.60. The molecule has 6 heteroatoms. The van der Waals surface area contributed by atoms with Gasteiger partial charge in [0.1, 0.15) is 0 Å². The summed E-state index contributed by atoms with van der Waals surface area (Å²) in [7, 11) is 2.06. The maximum Gasteiger partial charge on any atom is 0.185 e. The van der Waals surface area contributed by atoms with E-state index in [9.17, 15) is 0 Å². The van der Waals surface area contributed by atoms with Crippen molar-refractivity contribution in [3.05, 3.63) is 51.3 Å². The molecular weight excluding hydrogens is 322 g/mol. The summed E-state index contributed by atoms with van der Waals surface area (Å²) < 4.78 is 0. The third kappa shape index (κ3) is 3.43. The SMILES string of the molecule is CN(CCc1nccs1)c1nc(-c2ccccc2Cl)cs1. The van der Waals surface area contributed by atoms with E-state index in [1.54, 1.807) is 22.7 Å². The van der Waals surface area contributed by atoms with Crippen LogP contribution in [0.2, 0.25) is 5.02 Å². The summed E-state index contributed by atoms with van der Waals surface area (Å²) in [6.45, 7) is 0.906. The van der Waals surface area contributed by atoms with Crippen LogP contribution in [-0.4, -0.2) is 23.6 Å². The first-order valence-corrected chi connectivity index (χ1v) is 8.67. The smallest absolute Gasteiger partial charge is 0.185 e. The third-order valence-corrected chi connectivity index (χ3v) is 5.24. The Morgan fingerprint density at radius 3 is 2.86 bits per heavy atom. The highest BCUT2D eigenvalue weighted by Crippen LogP contribution is 2.31. The quantitative estimate of drug-likeness (QED) is 0.682. The molecule has 0 atom stereocenters. The Morgan fingerprint density at radius 2 is 2.10 bits per heavy atom. The van der Waals surface area contributed by atoms with Gasteiger partial charge in [-0.2, -0.15) is 0 Å². The van der Waals surface area contributed by atoms with Crippen LogP contribution in [0.3, 0.4) is 0 Å². The molecule has 0 amide bonds. The second-order valence-electron chi connectivity index (χ2n) is 4.59. The van der Waals surface area contributed by atoms with Crippen molar-refractivity contribution in [1.82, 2.24) is 9.97 Å². The molecule has 0 aliphatic carbocycles. The van der Waals surface area contributed by atoms with Crippen LogP contribution in [-0.2, 0) is 6.42 Å². The molecule has 0 saturated carbocycles. The summed E-state index contributed by atoms with van der Waals surface area (Å²) in [4.78, 5) is 11.1. The minimum atomic E-state index is 0.736. The van der Waals surface area contributed by atoms with E-state index >= 15 is 0 Å². The van der Waals surface area contributed by atoms with Crippen LogP contribution in [0.5, 0.6) is 0 Å². The van der Waals surface area contributed by atoms with Crippen LogP contribution >= 0.6 is 34.3 Å². The van der Waals surface area contributed by atoms with Gasteiger partial charge in [-0.1, -0.05) is 29.8 Å². The molecular formula is C15H14ClN3S2. The average molecular weight is 336 g/mol. The monoisotopic (exact) mass is 335 g/mol. The Labute approximate surface area is 136 Å². The van der Waals surface area contributed by atoms with Gasteiger partial charge in [0, 0.05) is 47.6 Å². The molecule has 0 aliphatic heterocycles. The van der Waals surface area contributed by atoms with E-state index in [1.165, 1.54) is 0 Å². The standard InChI is InChI=1S/C15H14ClN3S2/c1-19(8-6-14-17-7-9-20-14)15-18-13(10-21-15)11-4-2-3-5-12(11)16/h2-5,7,9-10H,6,8H2,1H3. The molecule has 0 saturated heterocycles. The second-order valence-corrected chi connectivity index (χ2v) is 6.82. The van der Waals surface area contributed by atoms with Crippen molar-refractivity contribution < 1.29 is 0 Å². The van der Waals surface area contributed by atoms with Gasteiger partial charge in [-0.15, -0.1) is 22.7 Å². The minimum absolute atomic E-state index is 0.736. The maximum atomic E-state index is 6.22. The van der Waals surface area contributed by atoms with Crippen LogP contribution in [0.25, 0.3) is 11.3 Å². The van der Waals surface area contributed by atoms with Gasteiger partial charge in [-0.25, -0.2) is 9.97 Å². The molecule has 2 heterocycles. The number of aromatic nitrogens is 2. The summed E-state index contributed by atoms with van der Waals surface area (Å²) in [5, 5.41) is 6.95. The number of hydrogen-bond acceptors (Lipinski definition) is 5. The topological polar surface area (TPSA) is 29.0 Å². The lowest BCUT2D eigenvalue weighted by Crippen LogP contribution is -2.19. The number of halogens is 1. The zero-order valence-corrected chi connectivity index (χ0v) is 13.9. The Bertz CT molecular complexity index is 709. The van der Waals surface area contributed by atoms with Gasteiger partial charge in [-0.3, -0.25) is 0 Å². The highest BCUT2D eigenvalue weighted by atomic mass is 35.5. The van der Waals surface area contributed by atoms with Crippen molar-refractivity contribution in [3.8, 4) is 11.3 Å². The first-order valence-electron chi connectivity index (χ1n) is 6.54. The molecule has 3 nitrogen and oxygen atoms in total. The van der Waals surface area contributed by atoms with Gasteiger partial charge in [0.15, 0.2) is 5.13 Å². The number of benzene rings is 1. The molecule has 0 unspecified atom stereocenters. The lowest BCUT2D eigenvalue weighted by atomic mass is 10.2. The van der Waals surface area contributed by atoms with E-state index in [0.717, 1.165) is 39.4 Å². The van der Waals surface area contributed by atoms with Gasteiger partial charge < -0.3 is 4.90 Å². The van der Waals surface area contributed by atoms with Gasteiger partial charge in [-0.05, 0) is 6.07 Å². The third-order valence-electron chi connectivity index (χ3n) is 3.11. The van der Waals surface area contributed by atoms with Crippen LogP contribution in [0.1, 0.15) is 5.01 Å². The van der Waals surface area contributed by atoms with E-state index < -0.39 is 0 Å².